The number of nitrogens with zero attached hydrogens (tertiary/aromatic N) is 2. The van der Waals surface area contributed by atoms with E-state index in [1.165, 1.54) is 0 Å². The summed E-state index contributed by atoms with van der Waals surface area (Å²) in [7, 11) is 0. The largest absolute Gasteiger partial charge is 0.258 e. The zero-order valence-electron chi connectivity index (χ0n) is 8.44. The van der Waals surface area contributed by atoms with E-state index in [2.05, 4.69) is 15.9 Å². The summed E-state index contributed by atoms with van der Waals surface area (Å²) in [4.78, 5) is 8.49. The first-order chi connectivity index (χ1) is 7.31. The second-order valence-electron chi connectivity index (χ2n) is 3.22. The molecule has 0 saturated carbocycles. The van der Waals surface area contributed by atoms with E-state index in [9.17, 15) is 0 Å². The topological polar surface area (TPSA) is 25.8 Å². The predicted octanol–water partition coefficient (Wildman–Crippen LogP) is 2.43. The van der Waals surface area contributed by atoms with Crippen LogP contribution >= 0.6 is 0 Å². The highest BCUT2D eigenvalue weighted by atomic mass is 14.8. The van der Waals surface area contributed by atoms with Crippen LogP contribution < -0.4 is 0 Å². The Bertz CT molecular complexity index is 524. The Kier molecular flexibility index (Phi) is 2.47. The van der Waals surface area contributed by atoms with Crippen LogP contribution in [0.3, 0.4) is 0 Å². The van der Waals surface area contributed by atoms with Crippen molar-refractivity contribution < 1.29 is 0 Å². The normalized spacial score (nSPS) is 9.60. The molecule has 0 bridgehead atoms. The molecule has 1 aromatic heterocycles. The molecule has 72 valence electrons. The van der Waals surface area contributed by atoms with E-state index in [1.54, 1.807) is 12.4 Å². The van der Waals surface area contributed by atoms with E-state index in [4.69, 9.17) is 6.42 Å². The molecule has 0 spiro atoms. The zero-order valence-corrected chi connectivity index (χ0v) is 8.44. The van der Waals surface area contributed by atoms with Crippen molar-refractivity contribution in [3.63, 3.8) is 0 Å². The van der Waals surface area contributed by atoms with Gasteiger partial charge in [-0.3, -0.25) is 9.97 Å². The van der Waals surface area contributed by atoms with Gasteiger partial charge in [-0.2, -0.15) is 0 Å². The fourth-order valence-corrected chi connectivity index (χ4v) is 1.45. The van der Waals surface area contributed by atoms with Crippen LogP contribution in [-0.2, 0) is 0 Å². The van der Waals surface area contributed by atoms with Crippen molar-refractivity contribution in [2.45, 2.75) is 6.92 Å². The summed E-state index contributed by atoms with van der Waals surface area (Å²) >= 11 is 0. The van der Waals surface area contributed by atoms with Gasteiger partial charge in [-0.1, -0.05) is 18.1 Å². The lowest BCUT2D eigenvalue weighted by Gasteiger charge is -2.03. The summed E-state index contributed by atoms with van der Waals surface area (Å²) in [5.41, 5.74) is 3.66. The highest BCUT2D eigenvalue weighted by Crippen LogP contribution is 2.19. The van der Waals surface area contributed by atoms with Crippen LogP contribution in [0.2, 0.25) is 0 Å². The van der Waals surface area contributed by atoms with E-state index in [1.807, 2.05) is 31.2 Å². The molecule has 0 aliphatic rings. The molecule has 15 heavy (non-hydrogen) atoms. The van der Waals surface area contributed by atoms with Crippen LogP contribution in [0.5, 0.6) is 0 Å². The van der Waals surface area contributed by atoms with Gasteiger partial charge in [0.1, 0.15) is 0 Å². The van der Waals surface area contributed by atoms with Crippen molar-refractivity contribution >= 4 is 0 Å². The highest BCUT2D eigenvalue weighted by molar-refractivity contribution is 5.63. The van der Waals surface area contributed by atoms with Crippen molar-refractivity contribution in [2.24, 2.45) is 0 Å². The molecule has 2 rings (SSSR count). The van der Waals surface area contributed by atoms with Gasteiger partial charge >= 0.3 is 0 Å². The molecule has 0 atom stereocenters. The Balaban J connectivity index is 2.55. The maximum Gasteiger partial charge on any atom is 0.0914 e. The van der Waals surface area contributed by atoms with Gasteiger partial charge in [0, 0.05) is 23.5 Å². The molecule has 0 aliphatic heterocycles. The Labute approximate surface area is 89.0 Å². The molecule has 0 N–H and O–H groups in total. The Morgan fingerprint density at radius 2 is 2.00 bits per heavy atom. The first kappa shape index (κ1) is 9.42. The minimum Gasteiger partial charge on any atom is -0.258 e. The molecule has 2 heteroatoms. The summed E-state index contributed by atoms with van der Waals surface area (Å²) in [5.74, 6) is 2.61. The molecule has 0 aliphatic carbocycles. The van der Waals surface area contributed by atoms with Crippen LogP contribution in [0.1, 0.15) is 11.3 Å². The van der Waals surface area contributed by atoms with Gasteiger partial charge in [0.05, 0.1) is 11.4 Å². The minimum atomic E-state index is 0.859. The number of terminal acetylenes is 1. The smallest absolute Gasteiger partial charge is 0.0914 e. The number of hydrogen-bond acceptors (Lipinski definition) is 2. The Hall–Kier alpha value is -2.14. The van der Waals surface area contributed by atoms with Gasteiger partial charge < -0.3 is 0 Å². The van der Waals surface area contributed by atoms with Crippen molar-refractivity contribution in [3.8, 4) is 23.6 Å². The number of aryl methyl sites for hydroxylation is 1. The van der Waals surface area contributed by atoms with Crippen LogP contribution in [0.4, 0.5) is 0 Å². The summed E-state index contributed by atoms with van der Waals surface area (Å²) in [6.45, 7) is 1.94. The number of benzene rings is 1. The molecule has 1 heterocycles. The maximum atomic E-state index is 5.35. The van der Waals surface area contributed by atoms with E-state index in [-0.39, 0.29) is 0 Å². The molecular weight excluding hydrogens is 184 g/mol. The molecule has 1 aromatic carbocycles. The van der Waals surface area contributed by atoms with Crippen molar-refractivity contribution in [1.29, 1.82) is 0 Å². The SMILES string of the molecule is C#Cc1cccc(-c2nccnc2C)c1. The van der Waals surface area contributed by atoms with Crippen LogP contribution in [0.25, 0.3) is 11.3 Å². The Morgan fingerprint density at radius 1 is 1.20 bits per heavy atom. The van der Waals surface area contributed by atoms with Gasteiger partial charge in [-0.15, -0.1) is 6.42 Å². The lowest BCUT2D eigenvalue weighted by Crippen LogP contribution is -1.90. The van der Waals surface area contributed by atoms with E-state index >= 15 is 0 Å². The van der Waals surface area contributed by atoms with Crippen molar-refractivity contribution in [3.05, 3.63) is 47.9 Å². The average molecular weight is 194 g/mol. The second kappa shape index (κ2) is 3.93. The van der Waals surface area contributed by atoms with E-state index in [0.717, 1.165) is 22.5 Å². The molecule has 2 aromatic rings. The van der Waals surface area contributed by atoms with Crippen LogP contribution in [-0.4, -0.2) is 9.97 Å². The predicted molar refractivity (Wildman–Crippen MR) is 60.1 cm³/mol. The molecule has 2 nitrogen and oxygen atoms in total. The number of aromatic nitrogens is 2. The summed E-state index contributed by atoms with van der Waals surface area (Å²) in [6, 6.07) is 7.75. The van der Waals surface area contributed by atoms with Gasteiger partial charge in [0.2, 0.25) is 0 Å². The summed E-state index contributed by atoms with van der Waals surface area (Å²) in [5, 5.41) is 0. The highest BCUT2D eigenvalue weighted by Gasteiger charge is 2.03. The van der Waals surface area contributed by atoms with Gasteiger partial charge in [-0.05, 0) is 19.1 Å². The molecule has 0 radical (unpaired) electrons. The van der Waals surface area contributed by atoms with Crippen molar-refractivity contribution in [1.82, 2.24) is 9.97 Å². The van der Waals surface area contributed by atoms with Crippen molar-refractivity contribution in [2.75, 3.05) is 0 Å². The maximum absolute atomic E-state index is 5.35. The third kappa shape index (κ3) is 1.87. The minimum absolute atomic E-state index is 0.859. The fraction of sp³-hybridized carbons (Fsp3) is 0.0769. The summed E-state index contributed by atoms with van der Waals surface area (Å²) < 4.78 is 0. The van der Waals surface area contributed by atoms with Crippen LogP contribution in [0.15, 0.2) is 36.7 Å². The van der Waals surface area contributed by atoms with Gasteiger partial charge in [0.15, 0.2) is 0 Å². The summed E-state index contributed by atoms with van der Waals surface area (Å²) in [6.07, 6.45) is 8.72. The average Bonchev–Trinajstić information content (AvgIpc) is 2.30. The van der Waals surface area contributed by atoms with Gasteiger partial charge in [-0.25, -0.2) is 0 Å². The zero-order chi connectivity index (χ0) is 10.7. The molecule has 0 unspecified atom stereocenters. The Morgan fingerprint density at radius 3 is 2.73 bits per heavy atom. The number of hydrogen-bond donors (Lipinski definition) is 0. The monoisotopic (exact) mass is 194 g/mol. The quantitative estimate of drug-likeness (QED) is 0.651. The fourth-order valence-electron chi connectivity index (χ4n) is 1.45. The lowest BCUT2D eigenvalue weighted by atomic mass is 10.1. The third-order valence-corrected chi connectivity index (χ3v) is 2.18. The molecule has 0 fully saturated rings. The molecule has 0 saturated heterocycles. The molecular formula is C13H10N2. The third-order valence-electron chi connectivity index (χ3n) is 2.18. The van der Waals surface area contributed by atoms with E-state index < -0.39 is 0 Å². The lowest BCUT2D eigenvalue weighted by molar-refractivity contribution is 1.12. The second-order valence-corrected chi connectivity index (χ2v) is 3.22. The first-order valence-corrected chi connectivity index (χ1v) is 4.66. The standard InChI is InChI=1S/C13H10N2/c1-3-11-5-4-6-12(9-11)13-10(2)14-7-8-15-13/h1,4-9H,2H3. The number of rotatable bonds is 1. The van der Waals surface area contributed by atoms with Gasteiger partial charge in [0.25, 0.3) is 0 Å². The van der Waals surface area contributed by atoms with E-state index in [0.29, 0.717) is 0 Å². The first-order valence-electron chi connectivity index (χ1n) is 4.66. The van der Waals surface area contributed by atoms with Crippen LogP contribution in [0, 0.1) is 19.3 Å². The molecule has 0 amide bonds.